The van der Waals surface area contributed by atoms with Gasteiger partial charge >= 0.3 is 0 Å². The van der Waals surface area contributed by atoms with E-state index in [4.69, 9.17) is 14.4 Å². The second-order valence-electron chi connectivity index (χ2n) is 6.64. The number of imidazole rings is 1. The number of rotatable bonds is 4. The number of fused-ring (bicyclic) bond motifs is 3. The van der Waals surface area contributed by atoms with Crippen molar-refractivity contribution in [1.29, 1.82) is 5.26 Å². The molecule has 0 spiro atoms. The molecule has 25 heavy (non-hydrogen) atoms. The van der Waals surface area contributed by atoms with E-state index in [0.29, 0.717) is 36.9 Å². The number of nitrogens with zero attached hydrogens (tertiary/aromatic N) is 4. The molecule has 0 bridgehead atoms. The van der Waals surface area contributed by atoms with Gasteiger partial charge in [-0.3, -0.25) is 4.98 Å². The molecule has 7 nitrogen and oxygen atoms in total. The number of ether oxygens (including phenoxy) is 1. The Hall–Kier alpha value is -2.43. The second-order valence-corrected chi connectivity index (χ2v) is 6.64. The highest BCUT2D eigenvalue weighted by Crippen LogP contribution is 2.30. The summed E-state index contributed by atoms with van der Waals surface area (Å²) in [7, 11) is 0. The molecular weight excluding hydrogens is 320 g/mol. The van der Waals surface area contributed by atoms with Crippen LogP contribution in [0, 0.1) is 17.2 Å². The maximum absolute atomic E-state index is 10.2. The van der Waals surface area contributed by atoms with Gasteiger partial charge in [-0.1, -0.05) is 0 Å². The summed E-state index contributed by atoms with van der Waals surface area (Å²) in [5.41, 5.74) is 3.05. The molecule has 1 fully saturated rings. The van der Waals surface area contributed by atoms with Crippen LogP contribution >= 0.6 is 0 Å². The van der Waals surface area contributed by atoms with Gasteiger partial charge in [0, 0.05) is 18.5 Å². The van der Waals surface area contributed by atoms with Crippen molar-refractivity contribution < 1.29 is 14.3 Å². The zero-order valence-corrected chi connectivity index (χ0v) is 14.1. The standard InChI is InChI=1S/C18H20N4O3/c1-11(23)18-21-15-8-20-14-5-7-24-17(14)16(15)22(18)9-12-2-3-13(4-6-19)25-10-12/h5,7-8,11-13,23H,2-4,9-10H2,1H3/t11-,12-,13?/m1/s1. The lowest BCUT2D eigenvalue weighted by Gasteiger charge is -2.28. The average molecular weight is 340 g/mol. The Morgan fingerprint density at radius 1 is 1.44 bits per heavy atom. The lowest BCUT2D eigenvalue weighted by atomic mass is 9.97. The van der Waals surface area contributed by atoms with Gasteiger partial charge in [-0.25, -0.2) is 4.98 Å². The molecule has 3 aromatic heterocycles. The van der Waals surface area contributed by atoms with Crippen molar-refractivity contribution >= 4 is 22.1 Å². The van der Waals surface area contributed by atoms with Gasteiger partial charge in [0.15, 0.2) is 5.58 Å². The maximum atomic E-state index is 10.2. The zero-order chi connectivity index (χ0) is 17.4. The number of nitriles is 1. The fourth-order valence-electron chi connectivity index (χ4n) is 3.56. The molecule has 1 N–H and O–H groups in total. The monoisotopic (exact) mass is 340 g/mol. The fourth-order valence-corrected chi connectivity index (χ4v) is 3.56. The van der Waals surface area contributed by atoms with Crippen LogP contribution in [0.4, 0.5) is 0 Å². The highest BCUT2D eigenvalue weighted by atomic mass is 16.5. The predicted octanol–water partition coefficient (Wildman–Crippen LogP) is 2.94. The summed E-state index contributed by atoms with van der Waals surface area (Å²) < 4.78 is 13.5. The van der Waals surface area contributed by atoms with Gasteiger partial charge in [0.05, 0.1) is 37.7 Å². The molecule has 4 rings (SSSR count). The molecule has 1 saturated heterocycles. The summed E-state index contributed by atoms with van der Waals surface area (Å²) >= 11 is 0. The summed E-state index contributed by atoms with van der Waals surface area (Å²) in [6.45, 7) is 3.01. The molecular formula is C18H20N4O3. The fraction of sp³-hybridized carbons (Fsp3) is 0.500. The normalized spacial score (nSPS) is 22.3. The second kappa shape index (κ2) is 6.47. The summed E-state index contributed by atoms with van der Waals surface area (Å²) in [4.78, 5) is 8.91. The van der Waals surface area contributed by atoms with Crippen molar-refractivity contribution in [2.24, 2.45) is 5.92 Å². The molecule has 1 unspecified atom stereocenters. The Balaban J connectivity index is 1.69. The molecule has 0 aromatic carbocycles. The first-order valence-corrected chi connectivity index (χ1v) is 8.56. The quantitative estimate of drug-likeness (QED) is 0.784. The molecule has 3 atom stereocenters. The molecule has 130 valence electrons. The van der Waals surface area contributed by atoms with Gasteiger partial charge < -0.3 is 18.8 Å². The Morgan fingerprint density at radius 3 is 3.04 bits per heavy atom. The molecule has 0 amide bonds. The van der Waals surface area contributed by atoms with Gasteiger partial charge in [-0.05, 0) is 19.8 Å². The first-order valence-electron chi connectivity index (χ1n) is 8.56. The number of furan rings is 1. The molecule has 7 heteroatoms. The van der Waals surface area contributed by atoms with E-state index in [1.54, 1.807) is 19.4 Å². The number of aliphatic hydroxyl groups is 1. The van der Waals surface area contributed by atoms with Crippen molar-refractivity contribution in [1.82, 2.24) is 14.5 Å². The Labute approximate surface area is 144 Å². The van der Waals surface area contributed by atoms with Crippen LogP contribution in [0.1, 0.15) is 38.1 Å². The van der Waals surface area contributed by atoms with E-state index in [1.807, 2.05) is 10.6 Å². The van der Waals surface area contributed by atoms with Gasteiger partial charge in [0.1, 0.15) is 28.5 Å². The Bertz CT molecular complexity index is 929. The van der Waals surface area contributed by atoms with Gasteiger partial charge in [-0.2, -0.15) is 5.26 Å². The maximum Gasteiger partial charge on any atom is 0.178 e. The molecule has 0 radical (unpaired) electrons. The highest BCUT2D eigenvalue weighted by Gasteiger charge is 2.25. The lowest BCUT2D eigenvalue weighted by molar-refractivity contribution is -0.0172. The van der Waals surface area contributed by atoms with Crippen molar-refractivity contribution in [2.75, 3.05) is 6.61 Å². The molecule has 1 aliphatic heterocycles. The van der Waals surface area contributed by atoms with Crippen LogP contribution in [0.25, 0.3) is 22.1 Å². The van der Waals surface area contributed by atoms with Crippen LogP contribution in [0.15, 0.2) is 22.9 Å². The van der Waals surface area contributed by atoms with E-state index in [0.717, 1.165) is 29.4 Å². The molecule has 1 aliphatic rings. The minimum absolute atomic E-state index is 0.0398. The van der Waals surface area contributed by atoms with Crippen molar-refractivity contribution in [2.45, 2.75) is 44.9 Å². The van der Waals surface area contributed by atoms with E-state index in [9.17, 15) is 5.11 Å². The highest BCUT2D eigenvalue weighted by molar-refractivity contribution is 5.98. The van der Waals surface area contributed by atoms with E-state index >= 15 is 0 Å². The van der Waals surface area contributed by atoms with E-state index in [-0.39, 0.29) is 6.10 Å². The smallest absolute Gasteiger partial charge is 0.178 e. The van der Waals surface area contributed by atoms with Crippen LogP contribution in [0.3, 0.4) is 0 Å². The van der Waals surface area contributed by atoms with E-state index < -0.39 is 6.10 Å². The van der Waals surface area contributed by atoms with E-state index in [2.05, 4.69) is 16.0 Å². The average Bonchev–Trinajstić information content (AvgIpc) is 3.21. The molecule has 0 aliphatic carbocycles. The lowest BCUT2D eigenvalue weighted by Crippen LogP contribution is -2.29. The van der Waals surface area contributed by atoms with Gasteiger partial charge in [0.25, 0.3) is 0 Å². The summed E-state index contributed by atoms with van der Waals surface area (Å²) in [5, 5.41) is 19.0. The van der Waals surface area contributed by atoms with Crippen LogP contribution in [0.5, 0.6) is 0 Å². The minimum atomic E-state index is -0.687. The van der Waals surface area contributed by atoms with Crippen LogP contribution < -0.4 is 0 Å². The zero-order valence-electron chi connectivity index (χ0n) is 14.1. The number of pyridine rings is 1. The first-order chi connectivity index (χ1) is 12.2. The summed E-state index contributed by atoms with van der Waals surface area (Å²) in [5.74, 6) is 0.919. The van der Waals surface area contributed by atoms with Crippen molar-refractivity contribution in [3.63, 3.8) is 0 Å². The number of aromatic nitrogens is 3. The Morgan fingerprint density at radius 2 is 2.32 bits per heavy atom. The first kappa shape index (κ1) is 16.1. The molecule has 0 saturated carbocycles. The largest absolute Gasteiger partial charge is 0.460 e. The summed E-state index contributed by atoms with van der Waals surface area (Å²) in [6, 6.07) is 3.99. The van der Waals surface area contributed by atoms with Crippen LogP contribution in [0.2, 0.25) is 0 Å². The minimum Gasteiger partial charge on any atom is -0.460 e. The van der Waals surface area contributed by atoms with E-state index in [1.165, 1.54) is 0 Å². The Kier molecular flexibility index (Phi) is 4.15. The third kappa shape index (κ3) is 2.88. The van der Waals surface area contributed by atoms with Crippen LogP contribution in [-0.4, -0.2) is 32.4 Å². The van der Waals surface area contributed by atoms with Crippen LogP contribution in [-0.2, 0) is 11.3 Å². The third-order valence-electron chi connectivity index (χ3n) is 4.81. The molecule has 3 aromatic rings. The van der Waals surface area contributed by atoms with Crippen molar-refractivity contribution in [3.8, 4) is 6.07 Å². The topological polar surface area (TPSA) is 97.1 Å². The van der Waals surface area contributed by atoms with Crippen molar-refractivity contribution in [3.05, 3.63) is 24.4 Å². The number of aliphatic hydroxyl groups excluding tert-OH is 1. The SMILES string of the molecule is C[C@@H](O)c1nc2cnc3ccoc3c2n1C[C@H]1CCC(CC#N)OC1. The summed E-state index contributed by atoms with van der Waals surface area (Å²) in [6.07, 6.45) is 5.00. The number of hydrogen-bond donors (Lipinski definition) is 1. The number of hydrogen-bond acceptors (Lipinski definition) is 6. The predicted molar refractivity (Wildman–Crippen MR) is 90.6 cm³/mol. The molecule has 4 heterocycles. The van der Waals surface area contributed by atoms with Gasteiger partial charge in [-0.15, -0.1) is 0 Å². The van der Waals surface area contributed by atoms with Gasteiger partial charge in [0.2, 0.25) is 0 Å². The third-order valence-corrected chi connectivity index (χ3v) is 4.81.